The minimum atomic E-state index is -0.695. The molecule has 3 heterocycles. The number of nitrogens with one attached hydrogen (secondary N) is 2. The molecule has 2 aliphatic rings. The van der Waals surface area contributed by atoms with Crippen molar-refractivity contribution in [1.82, 2.24) is 24.3 Å². The lowest BCUT2D eigenvalue weighted by Crippen LogP contribution is -2.43. The summed E-state index contributed by atoms with van der Waals surface area (Å²) in [5.74, 6) is -0.297. The highest BCUT2D eigenvalue weighted by Gasteiger charge is 2.38. The van der Waals surface area contributed by atoms with Gasteiger partial charge in [0.05, 0.1) is 30.5 Å². The number of hydrogen-bond donors (Lipinski definition) is 2. The molecule has 6 rings (SSSR count). The molecule has 3 amide bonds. The van der Waals surface area contributed by atoms with Crippen LogP contribution >= 0.6 is 11.6 Å². The van der Waals surface area contributed by atoms with Crippen molar-refractivity contribution < 1.29 is 23.9 Å². The van der Waals surface area contributed by atoms with Gasteiger partial charge < -0.3 is 24.7 Å². The summed E-state index contributed by atoms with van der Waals surface area (Å²) in [4.78, 5) is 69.7. The Labute approximate surface area is 299 Å². The Morgan fingerprint density at radius 2 is 1.78 bits per heavy atom. The van der Waals surface area contributed by atoms with E-state index in [1.165, 1.54) is 24.9 Å². The fourth-order valence-electron chi connectivity index (χ4n) is 6.93. The van der Waals surface area contributed by atoms with Crippen LogP contribution in [-0.2, 0) is 30.0 Å². The van der Waals surface area contributed by atoms with Gasteiger partial charge in [-0.05, 0) is 61.9 Å². The van der Waals surface area contributed by atoms with Crippen LogP contribution in [-0.4, -0.2) is 63.2 Å². The van der Waals surface area contributed by atoms with Crippen LogP contribution in [0.2, 0.25) is 5.02 Å². The monoisotopic (exact) mass is 714 g/mol. The van der Waals surface area contributed by atoms with Crippen LogP contribution in [0, 0.1) is 6.92 Å². The topological polar surface area (TPSA) is 154 Å². The Balaban J connectivity index is 1.33. The molecule has 2 N–H and O–H groups in total. The average molecular weight is 715 g/mol. The zero-order valence-corrected chi connectivity index (χ0v) is 29.8. The first kappa shape index (κ1) is 35.4. The maximum Gasteiger partial charge on any atom is 0.410 e. The number of hydrogen-bond acceptors (Lipinski definition) is 8. The maximum atomic E-state index is 13.2. The van der Waals surface area contributed by atoms with Gasteiger partial charge in [-0.3, -0.25) is 23.9 Å². The molecular formula is C37H39ClN6O7. The second-order valence-corrected chi connectivity index (χ2v) is 13.1. The smallest absolute Gasteiger partial charge is 0.410 e. The van der Waals surface area contributed by atoms with E-state index in [9.17, 15) is 24.0 Å². The van der Waals surface area contributed by atoms with Gasteiger partial charge in [-0.1, -0.05) is 41.9 Å². The Morgan fingerprint density at radius 3 is 2.49 bits per heavy atom. The number of fused-ring (bicyclic) bond motifs is 1. The predicted octanol–water partition coefficient (Wildman–Crippen LogP) is 4.76. The first-order valence-electron chi connectivity index (χ1n) is 16.7. The molecule has 51 heavy (non-hydrogen) atoms. The van der Waals surface area contributed by atoms with Crippen LogP contribution in [0.5, 0.6) is 5.88 Å². The van der Waals surface area contributed by atoms with Crippen LogP contribution in [0.3, 0.4) is 0 Å². The maximum absolute atomic E-state index is 13.2. The molecule has 2 aromatic heterocycles. The molecule has 1 aliphatic heterocycles. The van der Waals surface area contributed by atoms with E-state index in [4.69, 9.17) is 26.1 Å². The van der Waals surface area contributed by atoms with Crippen molar-refractivity contribution in [2.45, 2.75) is 51.6 Å². The average Bonchev–Trinajstić information content (AvgIpc) is 3.74. The molecule has 0 radical (unpaired) electrons. The second-order valence-electron chi connectivity index (χ2n) is 12.7. The molecular weight excluding hydrogens is 676 g/mol. The number of nitrogens with zero attached hydrogens (tertiary/aromatic N) is 4. The predicted molar refractivity (Wildman–Crippen MR) is 192 cm³/mol. The van der Waals surface area contributed by atoms with Gasteiger partial charge in [-0.25, -0.2) is 14.6 Å². The summed E-state index contributed by atoms with van der Waals surface area (Å²) in [5.41, 5.74) is 4.28. The van der Waals surface area contributed by atoms with Gasteiger partial charge in [0.1, 0.15) is 5.56 Å². The summed E-state index contributed by atoms with van der Waals surface area (Å²) in [6.07, 6.45) is 3.13. The number of carbonyl (C=O) groups is 3. The number of carbonyl (C=O) groups excluding carboxylic acids is 3. The number of aryl methyl sites for hydroxylation is 2. The molecule has 2 atom stereocenters. The number of ether oxygens (including phenoxy) is 2. The fraction of sp³-hybridized carbons (Fsp3) is 0.351. The van der Waals surface area contributed by atoms with Gasteiger partial charge in [-0.2, -0.15) is 0 Å². The van der Waals surface area contributed by atoms with Gasteiger partial charge in [0.25, 0.3) is 11.5 Å². The number of benzene rings is 2. The van der Waals surface area contributed by atoms with Crippen LogP contribution < -0.4 is 26.6 Å². The first-order chi connectivity index (χ1) is 24.4. The quantitative estimate of drug-likeness (QED) is 0.252. The highest BCUT2D eigenvalue weighted by Crippen LogP contribution is 2.45. The minimum Gasteiger partial charge on any atom is -0.481 e. The number of pyridine rings is 1. The summed E-state index contributed by atoms with van der Waals surface area (Å²) in [5, 5.41) is 6.20. The number of amides is 3. The molecule has 1 aliphatic carbocycles. The zero-order chi connectivity index (χ0) is 36.6. The molecule has 0 saturated carbocycles. The molecule has 1 saturated heterocycles. The molecule has 266 valence electrons. The summed E-state index contributed by atoms with van der Waals surface area (Å²) in [7, 11) is 4.34. The van der Waals surface area contributed by atoms with Crippen molar-refractivity contribution >= 4 is 35.2 Å². The van der Waals surface area contributed by atoms with Crippen LogP contribution in [0.25, 0.3) is 22.4 Å². The van der Waals surface area contributed by atoms with E-state index < -0.39 is 23.2 Å². The largest absolute Gasteiger partial charge is 0.481 e. The highest BCUT2D eigenvalue weighted by molar-refractivity contribution is 6.36. The van der Waals surface area contributed by atoms with E-state index in [2.05, 4.69) is 10.6 Å². The standard InChI is InChI=1S/C37H39ClN6O7/c1-6-51-37(49)44(18-22-14-16-30(45)39-22)29-15-13-21-17-28(41-34(50-5)31(21)29)25-11-7-10-24(32(25)38)23-9-8-12-27(20(23)2)40-33(46)26-19-42(3)36(48)43(4)35(26)47/h7-12,17,19,22,29H,6,13-16,18H2,1-5H3,(H,39,45)(H,40,46). The van der Waals surface area contributed by atoms with Crippen LogP contribution in [0.15, 0.2) is 58.3 Å². The van der Waals surface area contributed by atoms with Crippen molar-refractivity contribution in [3.05, 3.63) is 96.8 Å². The van der Waals surface area contributed by atoms with E-state index in [1.54, 1.807) is 31.1 Å². The van der Waals surface area contributed by atoms with E-state index in [-0.39, 0.29) is 30.2 Å². The third-order valence-electron chi connectivity index (χ3n) is 9.54. The fourth-order valence-corrected chi connectivity index (χ4v) is 7.25. The number of halogens is 1. The number of anilines is 1. The summed E-state index contributed by atoms with van der Waals surface area (Å²) in [6, 6.07) is 12.5. The summed E-state index contributed by atoms with van der Waals surface area (Å²) < 4.78 is 13.3. The van der Waals surface area contributed by atoms with Gasteiger partial charge in [-0.15, -0.1) is 0 Å². The van der Waals surface area contributed by atoms with Crippen molar-refractivity contribution in [2.24, 2.45) is 14.1 Å². The SMILES string of the molecule is CCOC(=O)N(CC1CCC(=O)N1)C1CCc2cc(-c3cccc(-c4cccc(NC(=O)c5cn(C)c(=O)n(C)c5=O)c4C)c3Cl)nc(OC)c21. The van der Waals surface area contributed by atoms with Crippen molar-refractivity contribution in [1.29, 1.82) is 0 Å². The van der Waals surface area contributed by atoms with Gasteiger partial charge in [0.2, 0.25) is 11.8 Å². The Morgan fingerprint density at radius 1 is 1.06 bits per heavy atom. The normalized spacial score (nSPS) is 16.4. The number of methoxy groups -OCH3 is 1. The molecule has 2 unspecified atom stereocenters. The van der Waals surface area contributed by atoms with E-state index >= 15 is 0 Å². The van der Waals surface area contributed by atoms with Crippen molar-refractivity contribution in [2.75, 3.05) is 25.6 Å². The number of rotatable bonds is 9. The lowest BCUT2D eigenvalue weighted by Gasteiger charge is -2.31. The van der Waals surface area contributed by atoms with E-state index in [1.807, 2.05) is 37.3 Å². The molecule has 1 fully saturated rings. The van der Waals surface area contributed by atoms with Crippen LogP contribution in [0.1, 0.15) is 59.3 Å². The molecule has 14 heteroatoms. The second kappa shape index (κ2) is 14.4. The van der Waals surface area contributed by atoms with Crippen LogP contribution in [0.4, 0.5) is 10.5 Å². The first-order valence-corrected chi connectivity index (χ1v) is 17.1. The van der Waals surface area contributed by atoms with Gasteiger partial charge in [0, 0.05) is 61.7 Å². The third-order valence-corrected chi connectivity index (χ3v) is 9.95. The van der Waals surface area contributed by atoms with Gasteiger partial charge in [0.15, 0.2) is 0 Å². The molecule has 0 bridgehead atoms. The zero-order valence-electron chi connectivity index (χ0n) is 29.0. The molecule has 2 aromatic carbocycles. The lowest BCUT2D eigenvalue weighted by atomic mass is 9.96. The molecule has 4 aromatic rings. The molecule has 0 spiro atoms. The van der Waals surface area contributed by atoms with E-state index in [0.717, 1.165) is 21.3 Å². The Kier molecular flexibility index (Phi) is 10.0. The van der Waals surface area contributed by atoms with Gasteiger partial charge >= 0.3 is 11.8 Å². The Bertz CT molecular complexity index is 2180. The summed E-state index contributed by atoms with van der Waals surface area (Å²) >= 11 is 7.13. The highest BCUT2D eigenvalue weighted by atomic mass is 35.5. The minimum absolute atomic E-state index is 0.0290. The third kappa shape index (κ3) is 6.73. The molecule has 13 nitrogen and oxygen atoms in total. The number of aromatic nitrogens is 3. The van der Waals surface area contributed by atoms with Crippen molar-refractivity contribution in [3.8, 4) is 28.3 Å². The van der Waals surface area contributed by atoms with E-state index in [0.29, 0.717) is 71.2 Å². The lowest BCUT2D eigenvalue weighted by molar-refractivity contribution is -0.119. The Hall–Kier alpha value is -5.43. The summed E-state index contributed by atoms with van der Waals surface area (Å²) in [6.45, 7) is 4.14. The van der Waals surface area contributed by atoms with Crippen molar-refractivity contribution in [3.63, 3.8) is 0 Å².